The highest BCUT2D eigenvalue weighted by Gasteiger charge is 2.38. The predicted octanol–water partition coefficient (Wildman–Crippen LogP) is 5.39. The van der Waals surface area contributed by atoms with Crippen molar-refractivity contribution in [2.45, 2.75) is 0 Å². The summed E-state index contributed by atoms with van der Waals surface area (Å²) >= 11 is 0. The lowest BCUT2D eigenvalue weighted by Crippen LogP contribution is -2.05. The average Bonchev–Trinajstić information content (AvgIpc) is 3.08. The van der Waals surface area contributed by atoms with Gasteiger partial charge in [0.05, 0.1) is 17.0 Å². The molecule has 0 bridgehead atoms. The van der Waals surface area contributed by atoms with Crippen molar-refractivity contribution in [2.24, 2.45) is 0 Å². The van der Waals surface area contributed by atoms with Crippen molar-refractivity contribution in [1.82, 2.24) is 4.98 Å². The summed E-state index contributed by atoms with van der Waals surface area (Å²) in [5.41, 5.74) is 4.62. The summed E-state index contributed by atoms with van der Waals surface area (Å²) in [6.45, 7) is 0. The minimum Gasteiger partial charge on any atom is -0.386 e. The first-order valence-corrected chi connectivity index (χ1v) is 9.25. The lowest BCUT2D eigenvalue weighted by molar-refractivity contribution is 0.0444. The number of pyridine rings is 1. The molecule has 138 valence electrons. The molecule has 1 aliphatic heterocycles. The van der Waals surface area contributed by atoms with E-state index in [-0.39, 0.29) is 11.1 Å². The topological polar surface area (TPSA) is 56.3 Å². The van der Waals surface area contributed by atoms with E-state index in [2.05, 4.69) is 0 Å². The number of hydrogen-bond acceptors (Lipinski definition) is 4. The number of cyclic esters (lactones) is 2. The van der Waals surface area contributed by atoms with E-state index in [1.54, 1.807) is 0 Å². The van der Waals surface area contributed by atoms with Gasteiger partial charge in [0.2, 0.25) is 0 Å². The van der Waals surface area contributed by atoms with E-state index in [0.29, 0.717) is 17.0 Å². The van der Waals surface area contributed by atoms with Gasteiger partial charge < -0.3 is 4.74 Å². The van der Waals surface area contributed by atoms with Crippen LogP contribution in [0.15, 0.2) is 91.0 Å². The fourth-order valence-electron chi connectivity index (χ4n) is 3.67. The first-order valence-electron chi connectivity index (χ1n) is 9.25. The Balaban J connectivity index is 1.93. The number of benzene rings is 3. The number of esters is 2. The molecule has 0 saturated heterocycles. The van der Waals surface area contributed by atoms with Gasteiger partial charge in [0.1, 0.15) is 5.56 Å². The first kappa shape index (κ1) is 17.1. The third-order valence-electron chi connectivity index (χ3n) is 4.95. The van der Waals surface area contributed by atoms with E-state index in [4.69, 9.17) is 9.72 Å². The molecule has 1 aromatic heterocycles. The van der Waals surface area contributed by atoms with Crippen LogP contribution in [0.1, 0.15) is 20.7 Å². The second-order valence-corrected chi connectivity index (χ2v) is 6.71. The first-order chi connectivity index (χ1) is 14.2. The number of ether oxygens (including phenoxy) is 1. The van der Waals surface area contributed by atoms with Crippen LogP contribution in [0, 0.1) is 0 Å². The Kier molecular flexibility index (Phi) is 4.03. The van der Waals surface area contributed by atoms with Crippen molar-refractivity contribution in [3.63, 3.8) is 0 Å². The highest BCUT2D eigenvalue weighted by molar-refractivity contribution is 6.21. The molecule has 0 radical (unpaired) electrons. The maximum Gasteiger partial charge on any atom is 0.349 e. The summed E-state index contributed by atoms with van der Waals surface area (Å²) in [7, 11) is 0. The number of aromatic nitrogens is 1. The van der Waals surface area contributed by atoms with E-state index in [9.17, 15) is 9.59 Å². The van der Waals surface area contributed by atoms with Crippen LogP contribution in [-0.2, 0) is 4.74 Å². The maximum absolute atomic E-state index is 12.8. The lowest BCUT2D eigenvalue weighted by atomic mass is 9.90. The van der Waals surface area contributed by atoms with Crippen molar-refractivity contribution >= 4 is 11.9 Å². The largest absolute Gasteiger partial charge is 0.386 e. The second-order valence-electron chi connectivity index (χ2n) is 6.71. The predicted molar refractivity (Wildman–Crippen MR) is 110 cm³/mol. The zero-order chi connectivity index (χ0) is 19.8. The molecule has 0 N–H and O–H groups in total. The molecule has 4 heteroatoms. The van der Waals surface area contributed by atoms with Gasteiger partial charge >= 0.3 is 11.9 Å². The fourth-order valence-corrected chi connectivity index (χ4v) is 3.67. The third kappa shape index (κ3) is 2.82. The van der Waals surface area contributed by atoms with Crippen molar-refractivity contribution in [3.8, 4) is 33.6 Å². The Morgan fingerprint density at radius 1 is 0.483 bits per heavy atom. The normalized spacial score (nSPS) is 12.6. The van der Waals surface area contributed by atoms with Gasteiger partial charge in [0.25, 0.3) is 0 Å². The summed E-state index contributed by atoms with van der Waals surface area (Å²) < 4.78 is 5.03. The molecule has 5 rings (SSSR count). The molecule has 0 amide bonds. The highest BCUT2D eigenvalue weighted by atomic mass is 16.6. The highest BCUT2D eigenvalue weighted by Crippen LogP contribution is 2.42. The van der Waals surface area contributed by atoms with Crippen LogP contribution in [0.4, 0.5) is 0 Å². The zero-order valence-corrected chi connectivity index (χ0v) is 15.3. The molecule has 29 heavy (non-hydrogen) atoms. The molecular formula is C25H15NO3. The zero-order valence-electron chi connectivity index (χ0n) is 15.3. The van der Waals surface area contributed by atoms with Crippen molar-refractivity contribution in [3.05, 3.63) is 102 Å². The van der Waals surface area contributed by atoms with Gasteiger partial charge in [-0.3, -0.25) is 0 Å². The molecule has 0 aliphatic carbocycles. The fraction of sp³-hybridized carbons (Fsp3) is 0. The van der Waals surface area contributed by atoms with Crippen molar-refractivity contribution in [1.29, 1.82) is 0 Å². The van der Waals surface area contributed by atoms with Gasteiger partial charge in [-0.1, -0.05) is 91.0 Å². The van der Waals surface area contributed by atoms with Crippen molar-refractivity contribution in [2.75, 3.05) is 0 Å². The monoisotopic (exact) mass is 377 g/mol. The van der Waals surface area contributed by atoms with Crippen LogP contribution in [-0.4, -0.2) is 16.9 Å². The summed E-state index contributed by atoms with van der Waals surface area (Å²) in [5.74, 6) is -1.30. The Hall–Kier alpha value is -4.05. The van der Waals surface area contributed by atoms with E-state index >= 15 is 0 Å². The molecule has 4 nitrogen and oxygen atoms in total. The number of carbonyl (C=O) groups excluding carboxylic acids is 2. The summed E-state index contributed by atoms with van der Waals surface area (Å²) in [6, 6.07) is 28.5. The average molecular weight is 377 g/mol. The Bertz CT molecular complexity index is 1230. The number of carbonyl (C=O) groups is 2. The molecule has 0 fully saturated rings. The quantitative estimate of drug-likeness (QED) is 0.355. The van der Waals surface area contributed by atoms with Crippen LogP contribution < -0.4 is 0 Å². The molecule has 4 aromatic rings. The number of nitrogens with zero attached hydrogens (tertiary/aromatic N) is 1. The van der Waals surface area contributed by atoms with E-state index in [1.165, 1.54) is 0 Å². The summed E-state index contributed by atoms with van der Waals surface area (Å²) in [4.78, 5) is 30.3. The van der Waals surface area contributed by atoms with Gasteiger partial charge in [-0.2, -0.15) is 0 Å². The smallest absolute Gasteiger partial charge is 0.349 e. The second kappa shape index (κ2) is 6.84. The minimum atomic E-state index is -0.659. The molecule has 0 unspecified atom stereocenters. The molecule has 0 spiro atoms. The van der Waals surface area contributed by atoms with E-state index < -0.39 is 11.9 Å². The van der Waals surface area contributed by atoms with Crippen LogP contribution in [0.25, 0.3) is 33.6 Å². The molecule has 1 aliphatic rings. The Morgan fingerprint density at radius 2 is 0.897 bits per heavy atom. The standard InChI is InChI=1S/C25H15NO3/c27-24-20-19(16-10-4-1-5-11-16)22(17-12-6-2-7-13-17)26-23(21(20)25(28)29-24)18-14-8-3-9-15-18/h1-15H. The Morgan fingerprint density at radius 3 is 1.41 bits per heavy atom. The van der Waals surface area contributed by atoms with Crippen molar-refractivity contribution < 1.29 is 14.3 Å². The van der Waals surface area contributed by atoms with E-state index in [1.807, 2.05) is 91.0 Å². The molecule has 0 saturated carbocycles. The van der Waals surface area contributed by atoms with Gasteiger partial charge in [0.15, 0.2) is 0 Å². The summed E-state index contributed by atoms with van der Waals surface area (Å²) in [5, 5.41) is 0. The molecule has 2 heterocycles. The van der Waals surface area contributed by atoms with Gasteiger partial charge in [-0.05, 0) is 5.56 Å². The maximum atomic E-state index is 12.8. The van der Waals surface area contributed by atoms with Crippen LogP contribution in [0.3, 0.4) is 0 Å². The molecule has 3 aromatic carbocycles. The number of fused-ring (bicyclic) bond motifs is 1. The molecular weight excluding hydrogens is 362 g/mol. The van der Waals surface area contributed by atoms with Crippen LogP contribution in [0.2, 0.25) is 0 Å². The Labute approximate surface area is 167 Å². The number of rotatable bonds is 3. The van der Waals surface area contributed by atoms with E-state index in [0.717, 1.165) is 16.7 Å². The SMILES string of the molecule is O=C1OC(=O)c2c1c(-c1ccccc1)nc(-c1ccccc1)c2-c1ccccc1. The van der Waals surface area contributed by atoms with Gasteiger partial charge in [-0.15, -0.1) is 0 Å². The molecule has 0 atom stereocenters. The number of hydrogen-bond donors (Lipinski definition) is 0. The van der Waals surface area contributed by atoms with Gasteiger partial charge in [0, 0.05) is 16.7 Å². The van der Waals surface area contributed by atoms with Gasteiger partial charge in [-0.25, -0.2) is 14.6 Å². The van der Waals surface area contributed by atoms with Crippen LogP contribution >= 0.6 is 0 Å². The lowest BCUT2D eigenvalue weighted by Gasteiger charge is -2.15. The third-order valence-corrected chi connectivity index (χ3v) is 4.95. The van der Waals surface area contributed by atoms with Crippen LogP contribution in [0.5, 0.6) is 0 Å². The minimum absolute atomic E-state index is 0.222. The summed E-state index contributed by atoms with van der Waals surface area (Å²) in [6.07, 6.45) is 0.